The van der Waals surface area contributed by atoms with Gasteiger partial charge in [-0.15, -0.1) is 0 Å². The van der Waals surface area contributed by atoms with Crippen molar-refractivity contribution in [3.8, 4) is 0 Å². The quantitative estimate of drug-likeness (QED) is 0.859. The van der Waals surface area contributed by atoms with Crippen LogP contribution in [0.25, 0.3) is 0 Å². The first-order chi connectivity index (χ1) is 8.95. The Morgan fingerprint density at radius 3 is 2.42 bits per heavy atom. The minimum atomic E-state index is -0.564. The Hall–Kier alpha value is -1.00. The Bertz CT molecular complexity index is 416. The lowest BCUT2D eigenvalue weighted by atomic mass is 10.0. The predicted octanol–water partition coefficient (Wildman–Crippen LogP) is 2.94. The van der Waals surface area contributed by atoms with Crippen LogP contribution in [0.3, 0.4) is 0 Å². The van der Waals surface area contributed by atoms with Gasteiger partial charge in [-0.2, -0.15) is 0 Å². The van der Waals surface area contributed by atoms with Crippen LogP contribution in [0.2, 0.25) is 0 Å². The molecule has 0 radical (unpaired) electrons. The summed E-state index contributed by atoms with van der Waals surface area (Å²) in [7, 11) is 2.07. The molecular weight excluding hydrogens is 246 g/mol. The summed E-state index contributed by atoms with van der Waals surface area (Å²) in [6.45, 7) is 4.20. The van der Waals surface area contributed by atoms with Gasteiger partial charge >= 0.3 is 0 Å². The minimum absolute atomic E-state index is 0.315. The van der Waals surface area contributed by atoms with Crippen LogP contribution in [-0.2, 0) is 0 Å². The molecule has 2 rings (SSSR count). The molecule has 0 aromatic heterocycles. The van der Waals surface area contributed by atoms with Crippen molar-refractivity contribution in [2.75, 3.05) is 20.1 Å². The van der Waals surface area contributed by atoms with Crippen molar-refractivity contribution < 1.29 is 8.78 Å². The molecule has 0 saturated heterocycles. The zero-order valence-corrected chi connectivity index (χ0v) is 11.6. The van der Waals surface area contributed by atoms with Crippen LogP contribution in [0.5, 0.6) is 0 Å². The first-order valence-corrected chi connectivity index (χ1v) is 6.86. The zero-order valence-electron chi connectivity index (χ0n) is 11.6. The molecule has 1 aliphatic carbocycles. The Kier molecular flexibility index (Phi) is 4.53. The molecule has 1 aromatic rings. The number of hydrogen-bond donors (Lipinski definition) is 1. The molecule has 0 aliphatic heterocycles. The van der Waals surface area contributed by atoms with Crippen LogP contribution >= 0.6 is 0 Å². The summed E-state index contributed by atoms with van der Waals surface area (Å²) < 4.78 is 26.2. The first kappa shape index (κ1) is 14.4. The molecule has 2 N–H and O–H groups in total. The van der Waals surface area contributed by atoms with Crippen LogP contribution in [0.1, 0.15) is 31.4 Å². The molecule has 0 amide bonds. The third kappa shape index (κ3) is 4.25. The van der Waals surface area contributed by atoms with Crippen LogP contribution in [0, 0.1) is 23.5 Å². The standard InChI is InChI=1S/C15H22F2N2/c1-10-5-12(10)9-19(2)4-3-15(18)11-6-13(16)8-14(17)7-11/h6-8,10,12,15H,3-5,9,18H2,1-2H3. The third-order valence-corrected chi connectivity index (χ3v) is 3.96. The Morgan fingerprint density at radius 2 is 1.89 bits per heavy atom. The highest BCUT2D eigenvalue weighted by Crippen LogP contribution is 2.38. The van der Waals surface area contributed by atoms with E-state index in [0.717, 1.165) is 31.0 Å². The number of halogens is 2. The second kappa shape index (κ2) is 5.97. The van der Waals surface area contributed by atoms with Gasteiger partial charge in [-0.05, 0) is 56.0 Å². The summed E-state index contributed by atoms with van der Waals surface area (Å²) in [6.07, 6.45) is 2.02. The maximum Gasteiger partial charge on any atom is 0.126 e. The van der Waals surface area contributed by atoms with Crippen LogP contribution in [-0.4, -0.2) is 25.0 Å². The molecule has 0 spiro atoms. The van der Waals surface area contributed by atoms with Crippen molar-refractivity contribution >= 4 is 0 Å². The number of nitrogens with zero attached hydrogens (tertiary/aromatic N) is 1. The van der Waals surface area contributed by atoms with Crippen molar-refractivity contribution in [1.29, 1.82) is 0 Å². The third-order valence-electron chi connectivity index (χ3n) is 3.96. The summed E-state index contributed by atoms with van der Waals surface area (Å²) >= 11 is 0. The molecule has 106 valence electrons. The summed E-state index contributed by atoms with van der Waals surface area (Å²) in [5.74, 6) is 0.525. The molecule has 19 heavy (non-hydrogen) atoms. The van der Waals surface area contributed by atoms with E-state index in [1.54, 1.807) is 0 Å². The fourth-order valence-corrected chi connectivity index (χ4v) is 2.46. The van der Waals surface area contributed by atoms with E-state index < -0.39 is 11.6 Å². The normalized spacial score (nSPS) is 23.7. The van der Waals surface area contributed by atoms with Gasteiger partial charge in [0.2, 0.25) is 0 Å². The lowest BCUT2D eigenvalue weighted by molar-refractivity contribution is 0.301. The van der Waals surface area contributed by atoms with Crippen molar-refractivity contribution in [1.82, 2.24) is 4.90 Å². The lowest BCUT2D eigenvalue weighted by Crippen LogP contribution is -2.26. The molecule has 3 atom stereocenters. The largest absolute Gasteiger partial charge is 0.324 e. The molecule has 0 bridgehead atoms. The van der Waals surface area contributed by atoms with E-state index in [4.69, 9.17) is 5.73 Å². The zero-order chi connectivity index (χ0) is 14.0. The topological polar surface area (TPSA) is 29.3 Å². The SMILES string of the molecule is CC1CC1CN(C)CCC(N)c1cc(F)cc(F)c1. The average Bonchev–Trinajstić information content (AvgIpc) is 3.00. The Morgan fingerprint density at radius 1 is 1.32 bits per heavy atom. The summed E-state index contributed by atoms with van der Waals surface area (Å²) in [6, 6.07) is 3.19. The highest BCUT2D eigenvalue weighted by molar-refractivity contribution is 5.21. The first-order valence-electron chi connectivity index (χ1n) is 6.86. The van der Waals surface area contributed by atoms with E-state index in [0.29, 0.717) is 12.0 Å². The molecule has 0 heterocycles. The van der Waals surface area contributed by atoms with E-state index in [9.17, 15) is 8.78 Å². The molecule has 2 nitrogen and oxygen atoms in total. The van der Waals surface area contributed by atoms with Crippen LogP contribution in [0.15, 0.2) is 18.2 Å². The van der Waals surface area contributed by atoms with Crippen molar-refractivity contribution in [2.24, 2.45) is 17.6 Å². The van der Waals surface area contributed by atoms with Gasteiger partial charge in [0.05, 0.1) is 0 Å². The van der Waals surface area contributed by atoms with Gasteiger partial charge in [-0.3, -0.25) is 0 Å². The Labute approximate surface area is 113 Å². The van der Waals surface area contributed by atoms with Crippen molar-refractivity contribution in [3.63, 3.8) is 0 Å². The monoisotopic (exact) mass is 268 g/mol. The second-order valence-corrected chi connectivity index (χ2v) is 5.83. The Balaban J connectivity index is 1.81. The molecule has 1 aliphatic rings. The van der Waals surface area contributed by atoms with Crippen molar-refractivity contribution in [3.05, 3.63) is 35.4 Å². The molecular formula is C15H22F2N2. The van der Waals surface area contributed by atoms with Crippen LogP contribution < -0.4 is 5.73 Å². The summed E-state index contributed by atoms with van der Waals surface area (Å²) in [5.41, 5.74) is 6.53. The fourth-order valence-electron chi connectivity index (χ4n) is 2.46. The van der Waals surface area contributed by atoms with Crippen LogP contribution in [0.4, 0.5) is 8.78 Å². The highest BCUT2D eigenvalue weighted by Gasteiger charge is 2.32. The summed E-state index contributed by atoms with van der Waals surface area (Å²) in [5, 5.41) is 0. The fraction of sp³-hybridized carbons (Fsp3) is 0.600. The van der Waals surface area contributed by atoms with E-state index in [1.165, 1.54) is 18.6 Å². The molecule has 1 aromatic carbocycles. The van der Waals surface area contributed by atoms with E-state index in [2.05, 4.69) is 18.9 Å². The summed E-state index contributed by atoms with van der Waals surface area (Å²) in [4.78, 5) is 2.25. The maximum absolute atomic E-state index is 13.1. The predicted molar refractivity (Wildman–Crippen MR) is 72.7 cm³/mol. The second-order valence-electron chi connectivity index (χ2n) is 5.83. The minimum Gasteiger partial charge on any atom is -0.324 e. The number of benzene rings is 1. The van der Waals surface area contributed by atoms with Gasteiger partial charge in [-0.25, -0.2) is 8.78 Å². The van der Waals surface area contributed by atoms with Crippen molar-refractivity contribution in [2.45, 2.75) is 25.8 Å². The van der Waals surface area contributed by atoms with Gasteiger partial charge in [0.25, 0.3) is 0 Å². The van der Waals surface area contributed by atoms with E-state index in [1.807, 2.05) is 0 Å². The molecule has 3 unspecified atom stereocenters. The smallest absolute Gasteiger partial charge is 0.126 e. The van der Waals surface area contributed by atoms with Gasteiger partial charge < -0.3 is 10.6 Å². The number of rotatable bonds is 6. The highest BCUT2D eigenvalue weighted by atomic mass is 19.1. The van der Waals surface area contributed by atoms with Gasteiger partial charge in [0, 0.05) is 18.7 Å². The lowest BCUT2D eigenvalue weighted by Gasteiger charge is -2.19. The number of nitrogens with two attached hydrogens (primary N) is 1. The maximum atomic E-state index is 13.1. The molecule has 1 saturated carbocycles. The number of hydrogen-bond acceptors (Lipinski definition) is 2. The van der Waals surface area contributed by atoms with Gasteiger partial charge in [0.15, 0.2) is 0 Å². The van der Waals surface area contributed by atoms with E-state index in [-0.39, 0.29) is 6.04 Å². The van der Waals surface area contributed by atoms with E-state index >= 15 is 0 Å². The molecule has 1 fully saturated rings. The molecule has 4 heteroatoms. The van der Waals surface area contributed by atoms with Gasteiger partial charge in [0.1, 0.15) is 11.6 Å². The van der Waals surface area contributed by atoms with Gasteiger partial charge in [-0.1, -0.05) is 6.92 Å². The average molecular weight is 268 g/mol.